The largest absolute Gasteiger partial charge is 0.493 e. The van der Waals surface area contributed by atoms with Crippen LogP contribution in [0, 0.1) is 11.8 Å². The summed E-state index contributed by atoms with van der Waals surface area (Å²) in [6.45, 7) is 0. The fourth-order valence-corrected chi connectivity index (χ4v) is 4.23. The summed E-state index contributed by atoms with van der Waals surface area (Å²) >= 11 is 0. The molecule has 0 bridgehead atoms. The maximum Gasteiger partial charge on any atom is 0.219 e. The van der Waals surface area contributed by atoms with Crippen molar-refractivity contribution in [3.63, 3.8) is 0 Å². The predicted molar refractivity (Wildman–Crippen MR) is 120 cm³/mol. The summed E-state index contributed by atoms with van der Waals surface area (Å²) in [6.07, 6.45) is 22.5. The van der Waals surface area contributed by atoms with Crippen molar-refractivity contribution >= 4 is 5.65 Å². The summed E-state index contributed by atoms with van der Waals surface area (Å²) in [5.74, 6) is 0.987. The Kier molecular flexibility index (Phi) is 5.06. The molecule has 0 amide bonds. The molecule has 0 saturated heterocycles. The van der Waals surface area contributed by atoms with Gasteiger partial charge in [0, 0.05) is 24.6 Å². The van der Waals surface area contributed by atoms with Crippen LogP contribution in [0.5, 0.6) is 5.88 Å². The first kappa shape index (κ1) is 18.6. The van der Waals surface area contributed by atoms with Crippen LogP contribution >= 0.6 is 0 Å². The second-order valence-corrected chi connectivity index (χ2v) is 8.04. The number of allylic oxidation sites excluding steroid dienone is 8. The maximum atomic E-state index is 11.0. The van der Waals surface area contributed by atoms with Crippen LogP contribution in [0.1, 0.15) is 24.2 Å². The minimum absolute atomic E-state index is 0.230. The van der Waals surface area contributed by atoms with E-state index in [1.807, 2.05) is 28.8 Å². The zero-order chi connectivity index (χ0) is 20.3. The molecule has 0 spiro atoms. The summed E-state index contributed by atoms with van der Waals surface area (Å²) in [4.78, 5) is 9.85. The highest BCUT2D eigenvalue weighted by atomic mass is 16.3. The molecule has 30 heavy (non-hydrogen) atoms. The lowest BCUT2D eigenvalue weighted by atomic mass is 9.95. The van der Waals surface area contributed by atoms with Gasteiger partial charge in [-0.25, -0.2) is 9.97 Å². The Morgan fingerprint density at radius 3 is 2.13 bits per heavy atom. The lowest BCUT2D eigenvalue weighted by molar-refractivity contribution is 0.436. The van der Waals surface area contributed by atoms with Crippen molar-refractivity contribution < 1.29 is 5.11 Å². The van der Waals surface area contributed by atoms with E-state index in [0.29, 0.717) is 11.8 Å². The third kappa shape index (κ3) is 3.73. The number of benzene rings is 1. The van der Waals surface area contributed by atoms with E-state index >= 15 is 0 Å². The van der Waals surface area contributed by atoms with Crippen molar-refractivity contribution in [2.75, 3.05) is 0 Å². The molecule has 0 fully saturated rings. The fourth-order valence-electron chi connectivity index (χ4n) is 4.23. The number of rotatable bonds is 5. The number of fused-ring (bicyclic) bond motifs is 1. The van der Waals surface area contributed by atoms with E-state index in [4.69, 9.17) is 9.97 Å². The van der Waals surface area contributed by atoms with Gasteiger partial charge in [0.2, 0.25) is 5.88 Å². The van der Waals surface area contributed by atoms with Gasteiger partial charge in [-0.2, -0.15) is 0 Å². The number of aromatic hydroxyl groups is 1. The summed E-state index contributed by atoms with van der Waals surface area (Å²) in [5.41, 5.74) is 4.33. The number of hydrogen-bond acceptors (Lipinski definition) is 3. The molecule has 4 nitrogen and oxygen atoms in total. The first-order valence-corrected chi connectivity index (χ1v) is 10.6. The normalized spacial score (nSPS) is 20.3. The molecule has 4 heteroatoms. The van der Waals surface area contributed by atoms with Crippen LogP contribution in [0.15, 0.2) is 85.1 Å². The molecule has 3 aromatic rings. The van der Waals surface area contributed by atoms with Gasteiger partial charge in [-0.1, -0.05) is 78.9 Å². The molecule has 1 unspecified atom stereocenters. The topological polar surface area (TPSA) is 50.4 Å². The van der Waals surface area contributed by atoms with Gasteiger partial charge in [-0.3, -0.25) is 4.40 Å². The van der Waals surface area contributed by atoms with Crippen molar-refractivity contribution in [3.8, 4) is 17.1 Å². The van der Waals surface area contributed by atoms with Gasteiger partial charge in [-0.15, -0.1) is 0 Å². The Morgan fingerprint density at radius 2 is 1.50 bits per heavy atom. The Morgan fingerprint density at radius 1 is 0.833 bits per heavy atom. The second-order valence-electron chi connectivity index (χ2n) is 8.04. The van der Waals surface area contributed by atoms with E-state index in [2.05, 4.69) is 60.7 Å². The zero-order valence-electron chi connectivity index (χ0n) is 16.9. The number of hydrogen-bond donors (Lipinski definition) is 1. The SMILES string of the molecule is Oc1c(C[C@H]2C=CC=CC2)nc2c(CC3C=CC=CC3)nc(-c3ccccc3)cn12. The van der Waals surface area contributed by atoms with E-state index in [0.717, 1.165) is 54.0 Å². The highest BCUT2D eigenvalue weighted by molar-refractivity contribution is 5.62. The molecule has 1 N–H and O–H groups in total. The molecule has 2 aliphatic rings. The van der Waals surface area contributed by atoms with E-state index in [1.165, 1.54) is 0 Å². The lowest BCUT2D eigenvalue weighted by Gasteiger charge is -2.14. The molecule has 1 aromatic carbocycles. The molecule has 0 aliphatic heterocycles. The Hall–Kier alpha value is -3.40. The van der Waals surface area contributed by atoms with Gasteiger partial charge in [0.1, 0.15) is 5.69 Å². The van der Waals surface area contributed by atoms with Gasteiger partial charge < -0.3 is 5.11 Å². The van der Waals surface area contributed by atoms with Crippen molar-refractivity contribution in [3.05, 3.63) is 96.5 Å². The summed E-state index contributed by atoms with van der Waals surface area (Å²) in [6, 6.07) is 10.1. The first-order chi connectivity index (χ1) is 14.8. The predicted octanol–water partition coefficient (Wildman–Crippen LogP) is 5.45. The smallest absolute Gasteiger partial charge is 0.219 e. The van der Waals surface area contributed by atoms with Gasteiger partial charge in [0.05, 0.1) is 11.4 Å². The zero-order valence-corrected chi connectivity index (χ0v) is 16.9. The van der Waals surface area contributed by atoms with E-state index in [9.17, 15) is 5.11 Å². The van der Waals surface area contributed by atoms with Crippen molar-refractivity contribution in [1.29, 1.82) is 0 Å². The number of nitrogens with zero attached hydrogens (tertiary/aromatic N) is 3. The first-order valence-electron chi connectivity index (χ1n) is 10.6. The average Bonchev–Trinajstić information content (AvgIpc) is 3.11. The number of aromatic nitrogens is 3. The lowest BCUT2D eigenvalue weighted by Crippen LogP contribution is -2.07. The van der Waals surface area contributed by atoms with Crippen molar-refractivity contribution in [2.24, 2.45) is 11.8 Å². The summed E-state index contributed by atoms with van der Waals surface area (Å²) in [7, 11) is 0. The summed E-state index contributed by atoms with van der Waals surface area (Å²) in [5, 5.41) is 11.0. The molecule has 0 radical (unpaired) electrons. The maximum absolute atomic E-state index is 11.0. The van der Waals surface area contributed by atoms with Crippen LogP contribution in [0.4, 0.5) is 0 Å². The highest BCUT2D eigenvalue weighted by Crippen LogP contribution is 2.30. The van der Waals surface area contributed by atoms with Crippen molar-refractivity contribution in [1.82, 2.24) is 14.4 Å². The monoisotopic (exact) mass is 395 g/mol. The highest BCUT2D eigenvalue weighted by Gasteiger charge is 2.21. The standard InChI is InChI=1S/C26H25N3O/c30-26-23(17-20-12-6-2-7-13-20)28-25-22(16-19-10-4-1-5-11-19)27-24(18-29(25)26)21-14-8-3-9-15-21/h1-10,12,14-15,18-20,30H,11,13,16-17H2/t19?,20-/m0/s1. The number of imidazole rings is 1. The van der Waals surface area contributed by atoms with Crippen LogP contribution in [-0.2, 0) is 12.8 Å². The van der Waals surface area contributed by atoms with Crippen molar-refractivity contribution in [2.45, 2.75) is 25.7 Å². The minimum atomic E-state index is 0.230. The molecule has 2 atom stereocenters. The van der Waals surface area contributed by atoms with Crippen LogP contribution in [0.25, 0.3) is 16.9 Å². The average molecular weight is 396 g/mol. The molecule has 2 heterocycles. The van der Waals surface area contributed by atoms with Crippen LogP contribution in [-0.4, -0.2) is 19.5 Å². The van der Waals surface area contributed by atoms with E-state index in [-0.39, 0.29) is 5.88 Å². The van der Waals surface area contributed by atoms with Gasteiger partial charge in [-0.05, 0) is 24.7 Å². The second kappa shape index (κ2) is 8.15. The molecule has 150 valence electrons. The van der Waals surface area contributed by atoms with Gasteiger partial charge in [0.25, 0.3) is 0 Å². The van der Waals surface area contributed by atoms with E-state index in [1.54, 1.807) is 0 Å². The summed E-state index contributed by atoms with van der Waals surface area (Å²) < 4.78 is 1.82. The quantitative estimate of drug-likeness (QED) is 0.625. The van der Waals surface area contributed by atoms with E-state index < -0.39 is 0 Å². The minimum Gasteiger partial charge on any atom is -0.493 e. The van der Waals surface area contributed by atoms with Crippen LogP contribution in [0.2, 0.25) is 0 Å². The third-order valence-corrected chi connectivity index (χ3v) is 5.84. The Bertz CT molecular complexity index is 1170. The Balaban J connectivity index is 1.58. The Labute approximate surface area is 176 Å². The molecule has 5 rings (SSSR count). The van der Waals surface area contributed by atoms with Gasteiger partial charge in [0.15, 0.2) is 5.65 Å². The molecular weight excluding hydrogens is 370 g/mol. The molecule has 2 aliphatic carbocycles. The molecular formula is C26H25N3O. The van der Waals surface area contributed by atoms with Crippen LogP contribution in [0.3, 0.4) is 0 Å². The molecule has 0 saturated carbocycles. The van der Waals surface area contributed by atoms with Gasteiger partial charge >= 0.3 is 0 Å². The van der Waals surface area contributed by atoms with Crippen LogP contribution < -0.4 is 0 Å². The molecule has 2 aromatic heterocycles. The third-order valence-electron chi connectivity index (χ3n) is 5.84. The fraction of sp³-hybridized carbons (Fsp3) is 0.231.